The summed E-state index contributed by atoms with van der Waals surface area (Å²) >= 11 is 0. The van der Waals surface area contributed by atoms with E-state index in [0.29, 0.717) is 34.8 Å². The van der Waals surface area contributed by atoms with Crippen molar-refractivity contribution in [3.05, 3.63) is 11.9 Å². The summed E-state index contributed by atoms with van der Waals surface area (Å²) in [5.74, 6) is 6.29. The number of aryl methyl sites for hydroxylation is 1. The molecule has 0 amide bonds. The number of pyridine rings is 1. The van der Waals surface area contributed by atoms with E-state index in [2.05, 4.69) is 32.1 Å². The molecule has 0 saturated heterocycles. The van der Waals surface area contributed by atoms with Crippen LogP contribution in [0.4, 0.5) is 10.2 Å². The zero-order chi connectivity index (χ0) is 21.2. The molecule has 154 valence electrons. The molecule has 0 radical (unpaired) electrons. The average Bonchev–Trinajstić information content (AvgIpc) is 3.27. The Morgan fingerprint density at radius 2 is 2.17 bits per heavy atom. The molecular weight excluding hydrogens is 381 g/mol. The first kappa shape index (κ1) is 20.5. The van der Waals surface area contributed by atoms with Crippen LogP contribution in [0.1, 0.15) is 26.5 Å². The van der Waals surface area contributed by atoms with Crippen LogP contribution in [0.2, 0.25) is 0 Å². The van der Waals surface area contributed by atoms with Gasteiger partial charge < -0.3 is 25.9 Å². The Hall–Kier alpha value is -3.23. The van der Waals surface area contributed by atoms with E-state index in [-0.39, 0.29) is 24.7 Å². The number of nitrogen functional groups attached to an aromatic ring is 1. The van der Waals surface area contributed by atoms with Gasteiger partial charge in [0.15, 0.2) is 23.1 Å². The molecule has 3 heterocycles. The Morgan fingerprint density at radius 1 is 1.41 bits per heavy atom. The van der Waals surface area contributed by atoms with Crippen molar-refractivity contribution in [2.24, 2.45) is 5.73 Å². The fourth-order valence-corrected chi connectivity index (χ4v) is 2.61. The van der Waals surface area contributed by atoms with E-state index in [1.165, 1.54) is 6.20 Å². The zero-order valence-corrected chi connectivity index (χ0v) is 16.3. The summed E-state index contributed by atoms with van der Waals surface area (Å²) in [7, 11) is 0. The van der Waals surface area contributed by atoms with E-state index in [1.54, 1.807) is 18.4 Å². The molecule has 10 nitrogen and oxygen atoms in total. The smallest absolute Gasteiger partial charge is 0.199 e. The van der Waals surface area contributed by atoms with Crippen LogP contribution in [0.25, 0.3) is 22.6 Å². The van der Waals surface area contributed by atoms with Gasteiger partial charge in [0, 0.05) is 13.1 Å². The maximum Gasteiger partial charge on any atom is 0.199 e. The largest absolute Gasteiger partial charge is 0.487 e. The van der Waals surface area contributed by atoms with E-state index >= 15 is 0 Å². The van der Waals surface area contributed by atoms with Crippen LogP contribution in [-0.2, 0) is 6.54 Å². The van der Waals surface area contributed by atoms with Gasteiger partial charge in [0.25, 0.3) is 0 Å². The van der Waals surface area contributed by atoms with Gasteiger partial charge >= 0.3 is 0 Å². The minimum Gasteiger partial charge on any atom is -0.487 e. The molecule has 0 spiro atoms. The Balaban J connectivity index is 2.24. The fraction of sp³-hybridized carbons (Fsp3) is 0.444. The highest BCUT2D eigenvalue weighted by atomic mass is 19.1. The molecule has 11 heteroatoms. The molecule has 0 bridgehead atoms. The van der Waals surface area contributed by atoms with Gasteiger partial charge in [-0.1, -0.05) is 5.92 Å². The van der Waals surface area contributed by atoms with Gasteiger partial charge in [-0.3, -0.25) is 0 Å². The first-order valence-corrected chi connectivity index (χ1v) is 8.95. The van der Waals surface area contributed by atoms with Crippen molar-refractivity contribution >= 4 is 16.9 Å². The summed E-state index contributed by atoms with van der Waals surface area (Å²) < 4.78 is 25.7. The number of aliphatic hydroxyl groups is 1. The summed E-state index contributed by atoms with van der Waals surface area (Å²) in [6.45, 7) is 5.07. The highest BCUT2D eigenvalue weighted by Crippen LogP contribution is 2.33. The number of hydrogen-bond acceptors (Lipinski definition) is 9. The molecule has 3 aromatic heterocycles. The number of imidazole rings is 1. The minimum absolute atomic E-state index is 0.0708. The summed E-state index contributed by atoms with van der Waals surface area (Å²) in [6.07, 6.45) is 0.106. The molecule has 1 unspecified atom stereocenters. The third-order valence-electron chi connectivity index (χ3n) is 3.94. The number of anilines is 1. The van der Waals surface area contributed by atoms with Gasteiger partial charge in [0.2, 0.25) is 0 Å². The highest BCUT2D eigenvalue weighted by Gasteiger charge is 2.23. The number of rotatable bonds is 6. The van der Waals surface area contributed by atoms with Crippen LogP contribution in [-0.4, -0.2) is 54.9 Å². The molecule has 5 N–H and O–H groups in total. The van der Waals surface area contributed by atoms with Gasteiger partial charge in [0.1, 0.15) is 35.1 Å². The zero-order valence-electron chi connectivity index (χ0n) is 16.3. The van der Waals surface area contributed by atoms with E-state index in [0.717, 1.165) is 0 Å². The highest BCUT2D eigenvalue weighted by molar-refractivity contribution is 5.89. The quantitative estimate of drug-likeness (QED) is 0.509. The summed E-state index contributed by atoms with van der Waals surface area (Å²) in [5, 5.41) is 17.3. The molecule has 1 atom stereocenters. The second kappa shape index (κ2) is 8.02. The Morgan fingerprint density at radius 3 is 2.76 bits per heavy atom. The van der Waals surface area contributed by atoms with Crippen LogP contribution in [0.15, 0.2) is 10.8 Å². The molecule has 0 fully saturated rings. The Labute approximate surface area is 166 Å². The first-order chi connectivity index (χ1) is 13.7. The molecule has 29 heavy (non-hydrogen) atoms. The number of nitrogens with zero attached hydrogens (tertiary/aromatic N) is 5. The first-order valence-electron chi connectivity index (χ1n) is 8.95. The SMILES string of the molecule is CCn1c(-c2nonc2N)nc2c(C#CC(C)(C)O)ncc(OCC(F)CN)c21. The third kappa shape index (κ3) is 4.28. The minimum atomic E-state index is -1.33. The van der Waals surface area contributed by atoms with Crippen LogP contribution in [0.3, 0.4) is 0 Å². The van der Waals surface area contributed by atoms with Crippen molar-refractivity contribution < 1.29 is 18.9 Å². The van der Waals surface area contributed by atoms with E-state index in [9.17, 15) is 9.50 Å². The van der Waals surface area contributed by atoms with E-state index in [4.69, 9.17) is 20.8 Å². The third-order valence-corrected chi connectivity index (χ3v) is 3.94. The molecule has 0 aliphatic heterocycles. The Kier molecular flexibility index (Phi) is 5.67. The van der Waals surface area contributed by atoms with Crippen LogP contribution >= 0.6 is 0 Å². The predicted molar refractivity (Wildman–Crippen MR) is 104 cm³/mol. The molecule has 0 saturated carbocycles. The summed E-state index contributed by atoms with van der Waals surface area (Å²) in [5.41, 5.74) is 11.4. The van der Waals surface area contributed by atoms with Crippen molar-refractivity contribution in [3.8, 4) is 29.1 Å². The standard InChI is InChI=1S/C18H22FN7O3/c1-4-26-15-12(28-9-10(19)7-20)8-22-11(5-6-18(2,3)27)13(15)23-17(26)14-16(21)25-29-24-14/h8,10,27H,4,7,9,20H2,1-3H3,(H2,21,25). The van der Waals surface area contributed by atoms with Crippen molar-refractivity contribution in [3.63, 3.8) is 0 Å². The summed E-state index contributed by atoms with van der Waals surface area (Å²) in [4.78, 5) is 8.85. The molecule has 0 aromatic carbocycles. The van der Waals surface area contributed by atoms with Gasteiger partial charge in [-0.15, -0.1) is 0 Å². The van der Waals surface area contributed by atoms with Crippen molar-refractivity contribution in [2.45, 2.75) is 39.1 Å². The Bertz CT molecular complexity index is 1070. The van der Waals surface area contributed by atoms with E-state index in [1.807, 2.05) is 6.92 Å². The van der Waals surface area contributed by atoms with Crippen LogP contribution in [0, 0.1) is 11.8 Å². The molecule has 3 aromatic rings. The fourth-order valence-electron chi connectivity index (χ4n) is 2.61. The molecular formula is C18H22FN7O3. The van der Waals surface area contributed by atoms with Crippen molar-refractivity contribution in [2.75, 3.05) is 18.9 Å². The normalized spacial score (nSPS) is 12.6. The number of aromatic nitrogens is 5. The lowest BCUT2D eigenvalue weighted by molar-refractivity contribution is 0.143. The molecule has 0 aliphatic rings. The van der Waals surface area contributed by atoms with Gasteiger partial charge in [-0.05, 0) is 37.0 Å². The lowest BCUT2D eigenvalue weighted by Gasteiger charge is -2.12. The average molecular weight is 403 g/mol. The van der Waals surface area contributed by atoms with Crippen molar-refractivity contribution in [1.82, 2.24) is 24.8 Å². The van der Waals surface area contributed by atoms with Gasteiger partial charge in [0.05, 0.1) is 6.20 Å². The lowest BCUT2D eigenvalue weighted by Crippen LogP contribution is -2.22. The number of fused-ring (bicyclic) bond motifs is 1. The van der Waals surface area contributed by atoms with Gasteiger partial charge in [-0.2, -0.15) is 0 Å². The van der Waals surface area contributed by atoms with Crippen molar-refractivity contribution in [1.29, 1.82) is 0 Å². The lowest BCUT2D eigenvalue weighted by atomic mass is 10.1. The van der Waals surface area contributed by atoms with Crippen LogP contribution < -0.4 is 16.2 Å². The predicted octanol–water partition coefficient (Wildman–Crippen LogP) is 0.881. The topological polar surface area (TPSA) is 151 Å². The monoisotopic (exact) mass is 403 g/mol. The number of ether oxygens (including phenoxy) is 1. The number of alkyl halides is 1. The van der Waals surface area contributed by atoms with Crippen LogP contribution in [0.5, 0.6) is 5.75 Å². The number of hydrogen-bond donors (Lipinski definition) is 3. The molecule has 3 rings (SSSR count). The maximum atomic E-state index is 13.6. The molecule has 0 aliphatic carbocycles. The summed E-state index contributed by atoms with van der Waals surface area (Å²) in [6, 6.07) is 0. The second-order valence-corrected chi connectivity index (χ2v) is 6.80. The number of nitrogens with two attached hydrogens (primary N) is 2. The second-order valence-electron chi connectivity index (χ2n) is 6.80. The maximum absolute atomic E-state index is 13.6. The van der Waals surface area contributed by atoms with Gasteiger partial charge in [-0.25, -0.2) is 19.0 Å². The number of halogens is 1. The van der Waals surface area contributed by atoms with E-state index < -0.39 is 11.8 Å².